The Kier molecular flexibility index (Phi) is 8.12. The summed E-state index contributed by atoms with van der Waals surface area (Å²) in [7, 11) is 1.50. The molecule has 0 spiro atoms. The van der Waals surface area contributed by atoms with Gasteiger partial charge in [0, 0.05) is 49.7 Å². The number of halogens is 2. The van der Waals surface area contributed by atoms with Crippen LogP contribution in [-0.2, 0) is 11.2 Å². The van der Waals surface area contributed by atoms with E-state index < -0.39 is 17.4 Å². The number of nitrogens with zero attached hydrogens (tertiary/aromatic N) is 5. The average molecular weight is 608 g/mol. The number of aryl methyl sites for hydroxylation is 1. The van der Waals surface area contributed by atoms with Crippen LogP contribution in [0.5, 0.6) is 11.6 Å². The van der Waals surface area contributed by atoms with Crippen LogP contribution in [0.15, 0.2) is 79.5 Å². The molecule has 1 aliphatic heterocycles. The van der Waals surface area contributed by atoms with Gasteiger partial charge in [0.1, 0.15) is 23.1 Å². The number of anilines is 1. The Bertz CT molecular complexity index is 1900. The van der Waals surface area contributed by atoms with E-state index in [1.807, 2.05) is 48.2 Å². The maximum absolute atomic E-state index is 16.0. The molecule has 6 rings (SSSR count). The molecule has 10 heteroatoms. The molecule has 45 heavy (non-hydrogen) atoms. The van der Waals surface area contributed by atoms with Gasteiger partial charge >= 0.3 is 0 Å². The summed E-state index contributed by atoms with van der Waals surface area (Å²) in [5.74, 6) is -1.59. The maximum atomic E-state index is 16.0. The smallest absolute Gasteiger partial charge is 0.246 e. The van der Waals surface area contributed by atoms with Crippen molar-refractivity contribution in [1.29, 1.82) is 0 Å². The van der Waals surface area contributed by atoms with E-state index in [1.54, 1.807) is 11.1 Å². The van der Waals surface area contributed by atoms with Crippen LogP contribution in [-0.4, -0.2) is 64.2 Å². The molecule has 0 saturated carbocycles. The number of piperazine rings is 1. The minimum absolute atomic E-state index is 0.166. The lowest BCUT2D eigenvalue weighted by molar-refractivity contribution is -0.126. The zero-order chi connectivity index (χ0) is 31.7. The number of carbonyl (C=O) groups is 1. The van der Waals surface area contributed by atoms with Gasteiger partial charge in [0.15, 0.2) is 5.82 Å². The molecule has 4 heterocycles. The summed E-state index contributed by atoms with van der Waals surface area (Å²) < 4.78 is 37.0. The third-order valence-electron chi connectivity index (χ3n) is 8.06. The van der Waals surface area contributed by atoms with Gasteiger partial charge in [-0.2, -0.15) is 4.98 Å². The number of ether oxygens (including phenoxy) is 1. The summed E-state index contributed by atoms with van der Waals surface area (Å²) in [4.78, 5) is 30.2. The first kappa shape index (κ1) is 29.7. The molecule has 5 aromatic rings. The summed E-state index contributed by atoms with van der Waals surface area (Å²) in [5, 5.41) is 11.0. The van der Waals surface area contributed by atoms with Crippen molar-refractivity contribution in [2.75, 3.05) is 38.2 Å². The number of amides is 1. The van der Waals surface area contributed by atoms with E-state index in [2.05, 4.69) is 6.58 Å². The van der Waals surface area contributed by atoms with Crippen molar-refractivity contribution in [3.63, 3.8) is 0 Å². The highest BCUT2D eigenvalue weighted by molar-refractivity contribution is 6.04. The van der Waals surface area contributed by atoms with Crippen molar-refractivity contribution < 1.29 is 23.4 Å². The monoisotopic (exact) mass is 607 g/mol. The van der Waals surface area contributed by atoms with Gasteiger partial charge in [-0.05, 0) is 48.4 Å². The quantitative estimate of drug-likeness (QED) is 0.224. The van der Waals surface area contributed by atoms with Gasteiger partial charge in [-0.1, -0.05) is 43.0 Å². The summed E-state index contributed by atoms with van der Waals surface area (Å²) in [6.07, 6.45) is 3.50. The lowest BCUT2D eigenvalue weighted by Gasteiger charge is -2.35. The molecular weight excluding hydrogens is 576 g/mol. The Morgan fingerprint density at radius 1 is 0.978 bits per heavy atom. The normalized spacial score (nSPS) is 13.2. The molecule has 8 nitrogen and oxygen atoms in total. The van der Waals surface area contributed by atoms with E-state index in [0.29, 0.717) is 60.4 Å². The summed E-state index contributed by atoms with van der Waals surface area (Å²) >= 11 is 0. The SMILES string of the molecule is C=CC(=O)N1CCN(c2nc(OC)c(-c3c(C)ccnc3Cc3ccccc3)c3nc(-c4c(O)cccc4F)c(F)cc23)CC1. The first-order valence-electron chi connectivity index (χ1n) is 14.5. The van der Waals surface area contributed by atoms with Crippen LogP contribution < -0.4 is 9.64 Å². The third kappa shape index (κ3) is 5.55. The highest BCUT2D eigenvalue weighted by Crippen LogP contribution is 2.44. The fourth-order valence-corrected chi connectivity index (χ4v) is 5.85. The Morgan fingerprint density at radius 3 is 2.42 bits per heavy atom. The molecule has 3 aromatic heterocycles. The molecular formula is C35H31F2N5O3. The summed E-state index contributed by atoms with van der Waals surface area (Å²) in [6.45, 7) is 7.19. The molecule has 2 aromatic carbocycles. The van der Waals surface area contributed by atoms with E-state index in [4.69, 9.17) is 19.7 Å². The molecule has 0 unspecified atom stereocenters. The van der Waals surface area contributed by atoms with Crippen molar-refractivity contribution in [3.05, 3.63) is 108 Å². The fraction of sp³-hybridized carbons (Fsp3) is 0.200. The molecule has 1 fully saturated rings. The number of phenols is 1. The Balaban J connectivity index is 1.63. The van der Waals surface area contributed by atoms with Crippen LogP contribution in [0.3, 0.4) is 0 Å². The number of methoxy groups -OCH3 is 1. The second kappa shape index (κ2) is 12.3. The number of pyridine rings is 3. The average Bonchev–Trinajstić information content (AvgIpc) is 3.05. The topological polar surface area (TPSA) is 91.7 Å². The molecule has 0 bridgehead atoms. The number of rotatable bonds is 7. The number of aromatic nitrogens is 3. The van der Waals surface area contributed by atoms with Crippen molar-refractivity contribution in [3.8, 4) is 34.0 Å². The molecule has 0 aliphatic carbocycles. The zero-order valence-corrected chi connectivity index (χ0v) is 24.9. The standard InChI is InChI=1S/C35H31F2N5O3/c1-4-28(44)41-15-17-42(18-16-41)34-23-20-25(37)33(30-24(36)11-8-12-27(30)43)39-32(23)31(35(40-34)45-3)29-21(2)13-14-38-26(29)19-22-9-6-5-7-10-22/h4-14,20,43H,1,15-19H2,2-3H3. The van der Waals surface area contributed by atoms with E-state index in [-0.39, 0.29) is 23.0 Å². The van der Waals surface area contributed by atoms with E-state index in [1.165, 1.54) is 31.4 Å². The van der Waals surface area contributed by atoms with Gasteiger partial charge < -0.3 is 19.6 Å². The highest BCUT2D eigenvalue weighted by atomic mass is 19.1. The molecule has 0 radical (unpaired) electrons. The summed E-state index contributed by atoms with van der Waals surface area (Å²) in [5.41, 5.74) is 3.45. The Labute approximate surface area is 259 Å². The van der Waals surface area contributed by atoms with Crippen LogP contribution in [0.4, 0.5) is 14.6 Å². The highest BCUT2D eigenvalue weighted by Gasteiger charge is 2.29. The van der Waals surface area contributed by atoms with Gasteiger partial charge in [-0.3, -0.25) is 9.78 Å². The number of phenolic OH excluding ortho intramolecular Hbond substituents is 1. The molecule has 228 valence electrons. The first-order chi connectivity index (χ1) is 21.8. The van der Waals surface area contributed by atoms with Crippen molar-refractivity contribution in [2.24, 2.45) is 0 Å². The van der Waals surface area contributed by atoms with Crippen LogP contribution in [0.25, 0.3) is 33.3 Å². The van der Waals surface area contributed by atoms with E-state index in [0.717, 1.165) is 22.9 Å². The molecule has 1 aliphatic rings. The van der Waals surface area contributed by atoms with Gasteiger partial charge in [0.2, 0.25) is 11.8 Å². The van der Waals surface area contributed by atoms with Gasteiger partial charge in [0.25, 0.3) is 0 Å². The van der Waals surface area contributed by atoms with Crippen molar-refractivity contribution in [1.82, 2.24) is 19.9 Å². The number of hydrogen-bond donors (Lipinski definition) is 1. The predicted octanol–water partition coefficient (Wildman–Crippen LogP) is 6.09. The van der Waals surface area contributed by atoms with Gasteiger partial charge in [-0.25, -0.2) is 13.8 Å². The van der Waals surface area contributed by atoms with Gasteiger partial charge in [-0.15, -0.1) is 0 Å². The van der Waals surface area contributed by atoms with E-state index in [9.17, 15) is 9.90 Å². The van der Waals surface area contributed by atoms with Crippen molar-refractivity contribution in [2.45, 2.75) is 13.3 Å². The molecule has 0 atom stereocenters. The number of aromatic hydroxyl groups is 1. The maximum Gasteiger partial charge on any atom is 0.246 e. The lowest BCUT2D eigenvalue weighted by Crippen LogP contribution is -2.48. The minimum Gasteiger partial charge on any atom is -0.507 e. The number of carbonyl (C=O) groups excluding carboxylic acids is 1. The Morgan fingerprint density at radius 2 is 1.73 bits per heavy atom. The first-order valence-corrected chi connectivity index (χ1v) is 14.5. The minimum atomic E-state index is -0.824. The molecule has 1 N–H and O–H groups in total. The second-order valence-electron chi connectivity index (χ2n) is 10.8. The van der Waals surface area contributed by atoms with Crippen LogP contribution in [0.1, 0.15) is 16.8 Å². The van der Waals surface area contributed by atoms with Crippen LogP contribution >= 0.6 is 0 Å². The number of fused-ring (bicyclic) bond motifs is 1. The fourth-order valence-electron chi connectivity index (χ4n) is 5.85. The largest absolute Gasteiger partial charge is 0.507 e. The van der Waals surface area contributed by atoms with Gasteiger partial charge in [0.05, 0.1) is 29.4 Å². The number of benzene rings is 2. The molecule has 1 saturated heterocycles. The van der Waals surface area contributed by atoms with Crippen LogP contribution in [0.2, 0.25) is 0 Å². The predicted molar refractivity (Wildman–Crippen MR) is 169 cm³/mol. The molecule has 1 amide bonds. The van der Waals surface area contributed by atoms with Crippen molar-refractivity contribution >= 4 is 22.6 Å². The summed E-state index contributed by atoms with van der Waals surface area (Å²) in [6, 6.07) is 16.8. The lowest BCUT2D eigenvalue weighted by atomic mass is 9.94. The second-order valence-corrected chi connectivity index (χ2v) is 10.8. The third-order valence-corrected chi connectivity index (χ3v) is 8.06. The Hall–Kier alpha value is -5.38. The number of hydrogen-bond acceptors (Lipinski definition) is 7. The zero-order valence-electron chi connectivity index (χ0n) is 24.9. The van der Waals surface area contributed by atoms with E-state index >= 15 is 8.78 Å². The van der Waals surface area contributed by atoms with Crippen LogP contribution in [0, 0.1) is 18.6 Å².